The van der Waals surface area contributed by atoms with Crippen LogP contribution in [0.4, 0.5) is 0 Å². The minimum absolute atomic E-state index is 0.651. The van der Waals surface area contributed by atoms with Crippen LogP contribution in [-0.2, 0) is 0 Å². The summed E-state index contributed by atoms with van der Waals surface area (Å²) in [6.07, 6.45) is 4.04. The molecule has 5 aromatic heterocycles. The number of rotatable bonds is 9. The lowest BCUT2D eigenvalue weighted by atomic mass is 10.00. The molecule has 11 aromatic carbocycles. The van der Waals surface area contributed by atoms with E-state index >= 15 is 0 Å². The summed E-state index contributed by atoms with van der Waals surface area (Å²) < 4.78 is 8.91. The zero-order chi connectivity index (χ0) is 52.7. The molecule has 0 N–H and O–H groups in total. The van der Waals surface area contributed by atoms with Gasteiger partial charge >= 0.3 is 0 Å². The van der Waals surface area contributed by atoms with Crippen LogP contribution in [0.3, 0.4) is 0 Å². The van der Waals surface area contributed by atoms with Crippen LogP contribution >= 0.6 is 0 Å². The smallest absolute Gasteiger partial charge is 0.160 e. The van der Waals surface area contributed by atoms with Crippen molar-refractivity contribution in [1.82, 2.24) is 38.7 Å². The van der Waals surface area contributed by atoms with Crippen molar-refractivity contribution in [2.45, 2.75) is 0 Å². The zero-order valence-corrected chi connectivity index (χ0v) is 43.1. The van der Waals surface area contributed by atoms with Gasteiger partial charge in [0.15, 0.2) is 5.82 Å². The molecule has 0 bridgehead atoms. The van der Waals surface area contributed by atoms with Crippen molar-refractivity contribution in [2.24, 2.45) is 0 Å². The molecular weight excluding hydrogens is 977 g/mol. The van der Waals surface area contributed by atoms with Crippen molar-refractivity contribution >= 4 is 65.4 Å². The van der Waals surface area contributed by atoms with E-state index in [1.165, 1.54) is 16.3 Å². The fourth-order valence-electron chi connectivity index (χ4n) is 12.0. The van der Waals surface area contributed by atoms with Crippen molar-refractivity contribution < 1.29 is 0 Å². The van der Waals surface area contributed by atoms with E-state index in [2.05, 4.69) is 234 Å². The van der Waals surface area contributed by atoms with Gasteiger partial charge in [-0.15, -0.1) is 0 Å². The van der Waals surface area contributed by atoms with E-state index < -0.39 is 0 Å². The molecule has 0 spiro atoms. The first-order valence-corrected chi connectivity index (χ1v) is 26.9. The van der Waals surface area contributed by atoms with Gasteiger partial charge < -0.3 is 9.13 Å². The number of nitrogens with zero attached hydrogens (tertiary/aromatic N) is 8. The highest BCUT2D eigenvalue weighted by atomic mass is 15.3. The molecule has 0 aliphatic heterocycles. The summed E-state index contributed by atoms with van der Waals surface area (Å²) in [5.41, 5.74) is 20.0. The van der Waals surface area contributed by atoms with Crippen LogP contribution in [0.1, 0.15) is 0 Å². The Bertz CT molecular complexity index is 4980. The van der Waals surface area contributed by atoms with Crippen molar-refractivity contribution in [1.29, 1.82) is 0 Å². The molecule has 0 fully saturated rings. The van der Waals surface area contributed by atoms with Gasteiger partial charge in [-0.3, -0.25) is 0 Å². The van der Waals surface area contributed by atoms with Crippen LogP contribution in [0.25, 0.3) is 144 Å². The van der Waals surface area contributed by atoms with Crippen LogP contribution in [0.5, 0.6) is 0 Å². The van der Waals surface area contributed by atoms with Gasteiger partial charge in [-0.1, -0.05) is 164 Å². The molecule has 16 aromatic rings. The minimum atomic E-state index is 0.651. The molecule has 0 unspecified atom stereocenters. The third kappa shape index (κ3) is 7.38. The first-order valence-electron chi connectivity index (χ1n) is 26.9. The Kier molecular flexibility index (Phi) is 10.4. The van der Waals surface area contributed by atoms with E-state index in [9.17, 15) is 0 Å². The van der Waals surface area contributed by atoms with Gasteiger partial charge in [0.2, 0.25) is 0 Å². The molecule has 0 aliphatic rings. The Labute approximate surface area is 460 Å². The molecule has 0 amide bonds. The van der Waals surface area contributed by atoms with E-state index in [4.69, 9.17) is 20.2 Å². The fraction of sp³-hybridized carbons (Fsp3) is 0. The molecule has 16 rings (SSSR count). The summed E-state index contributed by atoms with van der Waals surface area (Å²) in [6, 6.07) is 94.5. The first-order chi connectivity index (χ1) is 39.7. The second-order valence-corrected chi connectivity index (χ2v) is 20.4. The molecule has 5 heterocycles. The maximum Gasteiger partial charge on any atom is 0.160 e. The number of hydrogen-bond acceptors (Lipinski definition) is 4. The van der Waals surface area contributed by atoms with Gasteiger partial charge in [0.05, 0.1) is 68.3 Å². The van der Waals surface area contributed by atoms with Crippen molar-refractivity contribution in [3.63, 3.8) is 0 Å². The Morgan fingerprint density at radius 2 is 0.637 bits per heavy atom. The number of benzene rings is 11. The van der Waals surface area contributed by atoms with Crippen LogP contribution in [0, 0.1) is 0 Å². The highest BCUT2D eigenvalue weighted by molar-refractivity contribution is 6.21. The molecule has 0 radical (unpaired) electrons. The summed E-state index contributed by atoms with van der Waals surface area (Å²) in [6.45, 7) is 0. The van der Waals surface area contributed by atoms with Gasteiger partial charge in [0, 0.05) is 60.4 Å². The topological polar surface area (TPSA) is 71.3 Å². The third-order valence-corrected chi connectivity index (χ3v) is 15.7. The Balaban J connectivity index is 0.844. The highest BCUT2D eigenvalue weighted by Crippen LogP contribution is 2.43. The summed E-state index contributed by atoms with van der Waals surface area (Å²) in [4.78, 5) is 10.3. The molecule has 0 atom stereocenters. The molecule has 8 heteroatoms. The Morgan fingerprint density at radius 3 is 1.19 bits per heavy atom. The van der Waals surface area contributed by atoms with E-state index in [1.807, 2.05) is 64.2 Å². The number of aromatic nitrogens is 8. The van der Waals surface area contributed by atoms with Crippen molar-refractivity contribution in [2.75, 3.05) is 0 Å². The Hall–Kier alpha value is -11.0. The summed E-state index contributed by atoms with van der Waals surface area (Å²) in [5, 5.41) is 16.9. The third-order valence-electron chi connectivity index (χ3n) is 15.7. The normalized spacial score (nSPS) is 11.8. The number of fused-ring (bicyclic) bond motifs is 10. The molecule has 8 nitrogen and oxygen atoms in total. The SMILES string of the molecule is c1ccc(-c2cccc(-n3c4ccc(-c5ccc6c(c5)c5ccc7c(cnn7-c7cccc(-c8nc(-c9ccccc9)cc(-c9ccccc9)n8)c7)c5n6-c5ccccc5)cc4c4ccc5c(cnn5-c5ccccc5)c43)c2)cc1. The second-order valence-electron chi connectivity index (χ2n) is 20.4. The van der Waals surface area contributed by atoms with Crippen molar-refractivity contribution in [3.8, 4) is 78.9 Å². The van der Waals surface area contributed by atoms with Gasteiger partial charge in [-0.05, 0) is 125 Å². The average Bonchev–Trinajstić information content (AvgIpc) is 4.37. The lowest BCUT2D eigenvalue weighted by molar-refractivity contribution is 0.911. The standard InChI is InChI=1S/C72H46N8/c1-6-18-47(19-7-1)50-24-16-30-56(40-50)78-67-37-33-52(43-61(67)59-34-38-68-62(71(59)78)45-73-79(68)55-28-14-5-15-29-55)51-32-36-66-60(42-51)58-35-39-69-63(70(58)77(66)54-26-12-4-13-27-54)46-74-80(69)57-31-17-25-53(41-57)72-75-64(48-20-8-2-9-21-48)44-65(76-72)49-22-10-3-11-23-49/h1-46H. The van der Waals surface area contributed by atoms with Crippen LogP contribution in [0.2, 0.25) is 0 Å². The van der Waals surface area contributed by atoms with Gasteiger partial charge in [-0.2, -0.15) is 10.2 Å². The van der Waals surface area contributed by atoms with Crippen LogP contribution < -0.4 is 0 Å². The molecular formula is C72H46N8. The lowest BCUT2D eigenvalue weighted by Gasteiger charge is -2.12. The molecule has 0 aliphatic carbocycles. The average molecular weight is 1020 g/mol. The molecule has 80 heavy (non-hydrogen) atoms. The summed E-state index contributed by atoms with van der Waals surface area (Å²) >= 11 is 0. The van der Waals surface area contributed by atoms with E-state index in [-0.39, 0.29) is 0 Å². The Morgan fingerprint density at radius 1 is 0.237 bits per heavy atom. The highest BCUT2D eigenvalue weighted by Gasteiger charge is 2.22. The monoisotopic (exact) mass is 1020 g/mol. The van der Waals surface area contributed by atoms with Crippen molar-refractivity contribution in [3.05, 3.63) is 279 Å². The number of para-hydroxylation sites is 2. The predicted molar refractivity (Wildman–Crippen MR) is 327 cm³/mol. The van der Waals surface area contributed by atoms with E-state index in [0.717, 1.165) is 122 Å². The van der Waals surface area contributed by atoms with Gasteiger partial charge in [0.1, 0.15) is 0 Å². The lowest BCUT2D eigenvalue weighted by Crippen LogP contribution is -1.99. The van der Waals surface area contributed by atoms with E-state index in [1.54, 1.807) is 0 Å². The first kappa shape index (κ1) is 45.3. The quantitative estimate of drug-likeness (QED) is 0.144. The van der Waals surface area contributed by atoms with Gasteiger partial charge in [-0.25, -0.2) is 19.3 Å². The summed E-state index contributed by atoms with van der Waals surface area (Å²) in [7, 11) is 0. The fourth-order valence-corrected chi connectivity index (χ4v) is 12.0. The number of hydrogen-bond donors (Lipinski definition) is 0. The second kappa shape index (κ2) is 18.4. The van der Waals surface area contributed by atoms with Gasteiger partial charge in [0.25, 0.3) is 0 Å². The molecule has 374 valence electrons. The summed E-state index contributed by atoms with van der Waals surface area (Å²) in [5.74, 6) is 0.651. The maximum atomic E-state index is 5.15. The van der Waals surface area contributed by atoms with Crippen LogP contribution in [0.15, 0.2) is 279 Å². The zero-order valence-electron chi connectivity index (χ0n) is 43.1. The predicted octanol–water partition coefficient (Wildman–Crippen LogP) is 17.7. The van der Waals surface area contributed by atoms with E-state index in [0.29, 0.717) is 5.82 Å². The largest absolute Gasteiger partial charge is 0.309 e. The maximum absolute atomic E-state index is 5.15. The molecule has 0 saturated heterocycles. The minimum Gasteiger partial charge on any atom is -0.309 e. The van der Waals surface area contributed by atoms with Crippen LogP contribution in [-0.4, -0.2) is 38.7 Å². The molecule has 0 saturated carbocycles.